The summed E-state index contributed by atoms with van der Waals surface area (Å²) >= 11 is 0. The Bertz CT molecular complexity index is 1010. The maximum absolute atomic E-state index is 12.6. The maximum Gasteiger partial charge on any atom is 0.298 e. The van der Waals surface area contributed by atoms with Gasteiger partial charge in [-0.25, -0.2) is 0 Å². The first-order valence-electron chi connectivity index (χ1n) is 6.65. The standard InChI is InChI=1S/C16H9NO7/c18-8-24-11-5-13(19)15-14(6-11)23-7-12(16(15)20)9-1-3-10(4-2-9)17(21)22/h1-8,19H. The van der Waals surface area contributed by atoms with Gasteiger partial charge in [0.1, 0.15) is 28.7 Å². The molecule has 0 radical (unpaired) electrons. The summed E-state index contributed by atoms with van der Waals surface area (Å²) in [7, 11) is 0. The van der Waals surface area contributed by atoms with Crippen molar-refractivity contribution in [3.63, 3.8) is 0 Å². The molecular formula is C16H9NO7. The third-order valence-corrected chi connectivity index (χ3v) is 3.40. The van der Waals surface area contributed by atoms with Crippen LogP contribution >= 0.6 is 0 Å². The highest BCUT2D eigenvalue weighted by atomic mass is 16.6. The van der Waals surface area contributed by atoms with Crippen LogP contribution in [-0.4, -0.2) is 16.5 Å². The van der Waals surface area contributed by atoms with Crippen molar-refractivity contribution in [3.8, 4) is 22.6 Å². The molecular weight excluding hydrogens is 318 g/mol. The summed E-state index contributed by atoms with van der Waals surface area (Å²) in [6.45, 7) is 0.184. The number of fused-ring (bicyclic) bond motifs is 1. The number of non-ortho nitro benzene ring substituents is 1. The highest BCUT2D eigenvalue weighted by molar-refractivity contribution is 5.88. The molecule has 0 bridgehead atoms. The van der Waals surface area contributed by atoms with E-state index in [-0.39, 0.29) is 34.4 Å². The van der Waals surface area contributed by atoms with Gasteiger partial charge in [-0.3, -0.25) is 19.7 Å². The Balaban J connectivity index is 2.16. The van der Waals surface area contributed by atoms with Crippen molar-refractivity contribution in [3.05, 3.63) is 63.0 Å². The lowest BCUT2D eigenvalue weighted by Crippen LogP contribution is -2.05. The number of ether oxygens (including phenoxy) is 1. The van der Waals surface area contributed by atoms with E-state index in [4.69, 9.17) is 4.42 Å². The molecule has 8 heteroatoms. The number of aromatic hydroxyl groups is 1. The number of nitro benzene ring substituents is 1. The average molecular weight is 327 g/mol. The molecule has 0 aliphatic heterocycles. The van der Waals surface area contributed by atoms with Crippen LogP contribution in [0.25, 0.3) is 22.1 Å². The van der Waals surface area contributed by atoms with Gasteiger partial charge in [-0.1, -0.05) is 0 Å². The molecule has 1 N–H and O–H groups in total. The lowest BCUT2D eigenvalue weighted by atomic mass is 10.0. The Kier molecular flexibility index (Phi) is 3.70. The van der Waals surface area contributed by atoms with E-state index in [1.54, 1.807) is 0 Å². The number of nitrogens with zero attached hydrogens (tertiary/aromatic N) is 1. The fraction of sp³-hybridized carbons (Fsp3) is 0. The number of phenols is 1. The zero-order chi connectivity index (χ0) is 17.3. The number of carbonyl (C=O) groups excluding carboxylic acids is 1. The van der Waals surface area contributed by atoms with Gasteiger partial charge in [-0.15, -0.1) is 0 Å². The van der Waals surface area contributed by atoms with Gasteiger partial charge >= 0.3 is 0 Å². The minimum Gasteiger partial charge on any atom is -0.507 e. The number of rotatable bonds is 4. The number of nitro groups is 1. The van der Waals surface area contributed by atoms with Gasteiger partial charge in [0.05, 0.1) is 10.5 Å². The molecule has 120 valence electrons. The zero-order valence-corrected chi connectivity index (χ0v) is 12.0. The fourth-order valence-electron chi connectivity index (χ4n) is 2.29. The number of benzene rings is 2. The largest absolute Gasteiger partial charge is 0.507 e. The van der Waals surface area contributed by atoms with Crippen LogP contribution in [0.2, 0.25) is 0 Å². The molecule has 3 aromatic rings. The first-order chi connectivity index (χ1) is 11.5. The van der Waals surface area contributed by atoms with Crippen LogP contribution in [0.1, 0.15) is 0 Å². The van der Waals surface area contributed by atoms with Crippen LogP contribution in [0.4, 0.5) is 5.69 Å². The maximum atomic E-state index is 12.6. The number of hydrogen-bond acceptors (Lipinski definition) is 7. The van der Waals surface area contributed by atoms with Crippen LogP contribution in [-0.2, 0) is 4.79 Å². The average Bonchev–Trinajstić information content (AvgIpc) is 2.55. The van der Waals surface area contributed by atoms with Crippen LogP contribution in [0, 0.1) is 10.1 Å². The van der Waals surface area contributed by atoms with E-state index in [1.807, 2.05) is 0 Å². The summed E-state index contributed by atoms with van der Waals surface area (Å²) in [5, 5.41) is 20.6. The fourth-order valence-corrected chi connectivity index (χ4v) is 2.29. The molecule has 0 saturated carbocycles. The van der Waals surface area contributed by atoms with Gasteiger partial charge in [-0.2, -0.15) is 0 Å². The Morgan fingerprint density at radius 1 is 1.21 bits per heavy atom. The second-order valence-corrected chi connectivity index (χ2v) is 4.81. The van der Waals surface area contributed by atoms with Gasteiger partial charge in [0.15, 0.2) is 0 Å². The SMILES string of the molecule is O=COc1cc(O)c2c(=O)c(-c3ccc([N+](=O)[O-])cc3)coc2c1. The van der Waals surface area contributed by atoms with Crippen molar-refractivity contribution < 1.29 is 24.0 Å². The molecule has 0 unspecified atom stereocenters. The molecule has 0 aliphatic rings. The van der Waals surface area contributed by atoms with Crippen molar-refractivity contribution in [2.45, 2.75) is 0 Å². The Hall–Kier alpha value is -3.68. The topological polar surface area (TPSA) is 120 Å². The minimum absolute atomic E-state index is 0.0289. The van der Waals surface area contributed by atoms with Crippen LogP contribution in [0.5, 0.6) is 11.5 Å². The molecule has 0 amide bonds. The third kappa shape index (κ3) is 2.56. The normalized spacial score (nSPS) is 10.5. The summed E-state index contributed by atoms with van der Waals surface area (Å²) in [6.07, 6.45) is 1.18. The second kappa shape index (κ2) is 5.84. The summed E-state index contributed by atoms with van der Waals surface area (Å²) in [4.78, 5) is 33.1. The van der Waals surface area contributed by atoms with E-state index < -0.39 is 16.1 Å². The molecule has 2 aromatic carbocycles. The van der Waals surface area contributed by atoms with Crippen molar-refractivity contribution in [2.75, 3.05) is 0 Å². The van der Waals surface area contributed by atoms with E-state index in [1.165, 1.54) is 36.6 Å². The Labute approximate surface area is 133 Å². The summed E-state index contributed by atoms with van der Waals surface area (Å²) in [6, 6.07) is 7.77. The molecule has 0 saturated heterocycles. The van der Waals surface area contributed by atoms with Crippen molar-refractivity contribution in [1.29, 1.82) is 0 Å². The van der Waals surface area contributed by atoms with Gasteiger partial charge in [0.25, 0.3) is 12.2 Å². The first kappa shape index (κ1) is 15.2. The molecule has 3 rings (SSSR count). The molecule has 0 spiro atoms. The second-order valence-electron chi connectivity index (χ2n) is 4.81. The molecule has 8 nitrogen and oxygen atoms in total. The molecule has 0 fully saturated rings. The first-order valence-corrected chi connectivity index (χ1v) is 6.65. The quantitative estimate of drug-likeness (QED) is 0.444. The molecule has 0 atom stereocenters. The molecule has 0 aliphatic carbocycles. The van der Waals surface area contributed by atoms with E-state index in [2.05, 4.69) is 4.74 Å². The van der Waals surface area contributed by atoms with Gasteiger partial charge in [0.2, 0.25) is 5.43 Å². The van der Waals surface area contributed by atoms with Crippen molar-refractivity contribution in [2.24, 2.45) is 0 Å². The lowest BCUT2D eigenvalue weighted by molar-refractivity contribution is -0.384. The smallest absolute Gasteiger partial charge is 0.298 e. The summed E-state index contributed by atoms with van der Waals surface area (Å²) in [5.74, 6) is -0.372. The van der Waals surface area contributed by atoms with E-state index >= 15 is 0 Å². The number of phenolic OH excluding ortho intramolecular Hbond substituents is 1. The van der Waals surface area contributed by atoms with E-state index in [9.17, 15) is 24.8 Å². The summed E-state index contributed by atoms with van der Waals surface area (Å²) < 4.78 is 9.95. The molecule has 24 heavy (non-hydrogen) atoms. The van der Waals surface area contributed by atoms with Crippen molar-refractivity contribution >= 4 is 23.1 Å². The van der Waals surface area contributed by atoms with E-state index in [0.29, 0.717) is 5.56 Å². The monoisotopic (exact) mass is 327 g/mol. The van der Waals surface area contributed by atoms with Gasteiger partial charge < -0.3 is 14.3 Å². The molecule has 1 aromatic heterocycles. The molecule has 1 heterocycles. The minimum atomic E-state index is -0.549. The Morgan fingerprint density at radius 3 is 2.54 bits per heavy atom. The van der Waals surface area contributed by atoms with Gasteiger partial charge in [0, 0.05) is 24.3 Å². The van der Waals surface area contributed by atoms with Crippen LogP contribution in [0.3, 0.4) is 0 Å². The zero-order valence-electron chi connectivity index (χ0n) is 12.0. The predicted molar refractivity (Wildman–Crippen MR) is 82.9 cm³/mol. The van der Waals surface area contributed by atoms with Crippen molar-refractivity contribution in [1.82, 2.24) is 0 Å². The third-order valence-electron chi connectivity index (χ3n) is 3.40. The predicted octanol–water partition coefficient (Wildman–Crippen LogP) is 2.61. The van der Waals surface area contributed by atoms with Crippen LogP contribution in [0.15, 0.2) is 51.9 Å². The van der Waals surface area contributed by atoms with Gasteiger partial charge in [-0.05, 0) is 17.7 Å². The van der Waals surface area contributed by atoms with E-state index in [0.717, 1.165) is 6.07 Å². The highest BCUT2D eigenvalue weighted by Crippen LogP contribution is 2.30. The number of carbonyl (C=O) groups is 1. The highest BCUT2D eigenvalue weighted by Gasteiger charge is 2.15. The lowest BCUT2D eigenvalue weighted by Gasteiger charge is -2.06. The number of hydrogen-bond donors (Lipinski definition) is 1. The summed E-state index contributed by atoms with van der Waals surface area (Å²) in [5.41, 5.74) is -0.0363. The van der Waals surface area contributed by atoms with Crippen LogP contribution < -0.4 is 10.2 Å². The Morgan fingerprint density at radius 2 is 1.92 bits per heavy atom.